The predicted octanol–water partition coefficient (Wildman–Crippen LogP) is 2.29. The first-order valence-electron chi connectivity index (χ1n) is 8.72. The Morgan fingerprint density at radius 1 is 1.15 bits per heavy atom. The standard InChI is InChI=1S/C19H20N6O/c1-24-11-9-23-18(24)17-16(21-7-8-22-17)15-5-3-10-25(13-15)19(26)14-4-2-6-20-12-14/h2,4,6-9,11-12,15H,3,5,10,13H2,1H3/t15-/m1/s1. The van der Waals surface area contributed by atoms with Gasteiger partial charge in [-0.3, -0.25) is 14.8 Å². The quantitative estimate of drug-likeness (QED) is 0.726. The Kier molecular flexibility index (Phi) is 4.43. The van der Waals surface area contributed by atoms with Crippen LogP contribution in [0.5, 0.6) is 0 Å². The molecule has 4 heterocycles. The summed E-state index contributed by atoms with van der Waals surface area (Å²) in [5.41, 5.74) is 2.32. The van der Waals surface area contributed by atoms with Crippen molar-refractivity contribution in [1.82, 2.24) is 29.4 Å². The number of rotatable bonds is 3. The van der Waals surface area contributed by atoms with Crippen LogP contribution >= 0.6 is 0 Å². The third-order valence-electron chi connectivity index (χ3n) is 4.76. The van der Waals surface area contributed by atoms with Crippen LogP contribution in [0.4, 0.5) is 0 Å². The van der Waals surface area contributed by atoms with E-state index in [0.717, 1.165) is 36.6 Å². The molecule has 132 valence electrons. The van der Waals surface area contributed by atoms with Crippen LogP contribution in [0.2, 0.25) is 0 Å². The first-order valence-corrected chi connectivity index (χ1v) is 8.72. The van der Waals surface area contributed by atoms with Crippen molar-refractivity contribution in [2.24, 2.45) is 7.05 Å². The van der Waals surface area contributed by atoms with E-state index in [4.69, 9.17) is 0 Å². The Labute approximate surface area is 151 Å². The Morgan fingerprint density at radius 2 is 2.04 bits per heavy atom. The molecule has 7 nitrogen and oxygen atoms in total. The highest BCUT2D eigenvalue weighted by molar-refractivity contribution is 5.94. The van der Waals surface area contributed by atoms with Crippen molar-refractivity contribution >= 4 is 5.91 Å². The number of hydrogen-bond donors (Lipinski definition) is 0. The molecular formula is C19H20N6O. The molecule has 1 aliphatic heterocycles. The summed E-state index contributed by atoms with van der Waals surface area (Å²) in [6.45, 7) is 1.38. The van der Waals surface area contributed by atoms with Crippen LogP contribution in [0.25, 0.3) is 11.5 Å². The molecule has 0 saturated carbocycles. The Hall–Kier alpha value is -3.09. The van der Waals surface area contributed by atoms with Crippen molar-refractivity contribution in [3.63, 3.8) is 0 Å². The number of aryl methyl sites for hydroxylation is 1. The van der Waals surface area contributed by atoms with Gasteiger partial charge in [0, 0.05) is 63.2 Å². The minimum absolute atomic E-state index is 0.0187. The second kappa shape index (κ2) is 7.03. The van der Waals surface area contributed by atoms with Crippen LogP contribution in [-0.2, 0) is 7.05 Å². The summed E-state index contributed by atoms with van der Waals surface area (Å²) in [4.78, 5) is 32.3. The SMILES string of the molecule is Cn1ccnc1-c1nccnc1[C@@H]1CCCN(C(=O)c2cccnc2)C1. The molecule has 1 fully saturated rings. The Balaban J connectivity index is 1.61. The monoisotopic (exact) mass is 348 g/mol. The van der Waals surface area contributed by atoms with Crippen molar-refractivity contribution in [2.75, 3.05) is 13.1 Å². The topological polar surface area (TPSA) is 76.8 Å². The highest BCUT2D eigenvalue weighted by atomic mass is 16.2. The zero-order chi connectivity index (χ0) is 17.9. The summed E-state index contributed by atoms with van der Waals surface area (Å²) in [5, 5.41) is 0. The van der Waals surface area contributed by atoms with E-state index in [9.17, 15) is 4.79 Å². The molecule has 0 bridgehead atoms. The number of nitrogens with zero attached hydrogens (tertiary/aromatic N) is 6. The lowest BCUT2D eigenvalue weighted by atomic mass is 9.92. The maximum atomic E-state index is 12.8. The number of carbonyl (C=O) groups excluding carboxylic acids is 1. The molecule has 0 unspecified atom stereocenters. The fourth-order valence-corrected chi connectivity index (χ4v) is 3.47. The van der Waals surface area contributed by atoms with Gasteiger partial charge >= 0.3 is 0 Å². The number of hydrogen-bond acceptors (Lipinski definition) is 5. The smallest absolute Gasteiger partial charge is 0.255 e. The summed E-state index contributed by atoms with van der Waals surface area (Å²) in [5.74, 6) is 0.957. The molecule has 0 aliphatic carbocycles. The van der Waals surface area contributed by atoms with Gasteiger partial charge in [0.05, 0.1) is 11.3 Å². The molecule has 26 heavy (non-hydrogen) atoms. The molecule has 7 heteroatoms. The second-order valence-electron chi connectivity index (χ2n) is 6.48. The van der Waals surface area contributed by atoms with Crippen molar-refractivity contribution < 1.29 is 4.79 Å². The Bertz CT molecular complexity index is 907. The molecule has 0 radical (unpaired) electrons. The van der Waals surface area contributed by atoms with Gasteiger partial charge in [0.2, 0.25) is 0 Å². The lowest BCUT2D eigenvalue weighted by molar-refractivity contribution is 0.0705. The maximum Gasteiger partial charge on any atom is 0.255 e. The summed E-state index contributed by atoms with van der Waals surface area (Å²) < 4.78 is 1.94. The van der Waals surface area contributed by atoms with Crippen LogP contribution in [-0.4, -0.2) is 48.4 Å². The molecule has 3 aromatic heterocycles. The van der Waals surface area contributed by atoms with E-state index in [2.05, 4.69) is 19.9 Å². The lowest BCUT2D eigenvalue weighted by Crippen LogP contribution is -2.39. The van der Waals surface area contributed by atoms with E-state index in [1.165, 1.54) is 0 Å². The van der Waals surface area contributed by atoms with E-state index in [1.54, 1.807) is 43.1 Å². The van der Waals surface area contributed by atoms with Gasteiger partial charge in [-0.15, -0.1) is 0 Å². The van der Waals surface area contributed by atoms with Gasteiger partial charge in [-0.05, 0) is 25.0 Å². The normalized spacial score (nSPS) is 17.3. The predicted molar refractivity (Wildman–Crippen MR) is 96.3 cm³/mol. The van der Waals surface area contributed by atoms with Crippen LogP contribution in [0, 0.1) is 0 Å². The molecular weight excluding hydrogens is 328 g/mol. The van der Waals surface area contributed by atoms with Crippen LogP contribution < -0.4 is 0 Å². The molecule has 0 spiro atoms. The minimum Gasteiger partial charge on any atom is -0.338 e. The molecule has 3 aromatic rings. The van der Waals surface area contributed by atoms with Gasteiger partial charge in [-0.1, -0.05) is 0 Å². The third kappa shape index (κ3) is 3.08. The number of piperidine rings is 1. The molecule has 0 aromatic carbocycles. The number of likely N-dealkylation sites (tertiary alicyclic amines) is 1. The number of imidazole rings is 1. The summed E-state index contributed by atoms with van der Waals surface area (Å²) >= 11 is 0. The van der Waals surface area contributed by atoms with Crippen molar-refractivity contribution in [3.8, 4) is 11.5 Å². The first-order chi connectivity index (χ1) is 12.7. The van der Waals surface area contributed by atoms with E-state index >= 15 is 0 Å². The van der Waals surface area contributed by atoms with E-state index < -0.39 is 0 Å². The Morgan fingerprint density at radius 3 is 2.81 bits per heavy atom. The summed E-state index contributed by atoms with van der Waals surface area (Å²) in [6, 6.07) is 3.59. The van der Waals surface area contributed by atoms with Gasteiger partial charge in [0.1, 0.15) is 5.69 Å². The first kappa shape index (κ1) is 16.4. The number of carbonyl (C=O) groups is 1. The fraction of sp³-hybridized carbons (Fsp3) is 0.316. The van der Waals surface area contributed by atoms with E-state index in [1.807, 2.05) is 22.7 Å². The maximum absolute atomic E-state index is 12.8. The van der Waals surface area contributed by atoms with E-state index in [-0.39, 0.29) is 11.8 Å². The number of amides is 1. The summed E-state index contributed by atoms with van der Waals surface area (Å²) in [7, 11) is 1.94. The van der Waals surface area contributed by atoms with Crippen molar-refractivity contribution in [2.45, 2.75) is 18.8 Å². The average molecular weight is 348 g/mol. The van der Waals surface area contributed by atoms with Gasteiger partial charge in [0.15, 0.2) is 5.82 Å². The lowest BCUT2D eigenvalue weighted by Gasteiger charge is -2.33. The van der Waals surface area contributed by atoms with E-state index in [0.29, 0.717) is 12.1 Å². The molecule has 1 aliphatic rings. The van der Waals surface area contributed by atoms with Gasteiger partial charge in [0.25, 0.3) is 5.91 Å². The largest absolute Gasteiger partial charge is 0.338 e. The van der Waals surface area contributed by atoms with Gasteiger partial charge in [-0.25, -0.2) is 9.97 Å². The number of aromatic nitrogens is 5. The molecule has 0 N–H and O–H groups in total. The minimum atomic E-state index is 0.0187. The van der Waals surface area contributed by atoms with Crippen molar-refractivity contribution in [1.29, 1.82) is 0 Å². The molecule has 1 atom stereocenters. The highest BCUT2D eigenvalue weighted by Gasteiger charge is 2.29. The van der Waals surface area contributed by atoms with Crippen LogP contribution in [0.15, 0.2) is 49.3 Å². The number of pyridine rings is 1. The van der Waals surface area contributed by atoms with Gasteiger partial charge in [-0.2, -0.15) is 0 Å². The zero-order valence-electron chi connectivity index (χ0n) is 14.6. The van der Waals surface area contributed by atoms with Gasteiger partial charge < -0.3 is 9.47 Å². The van der Waals surface area contributed by atoms with Crippen LogP contribution in [0.1, 0.15) is 34.8 Å². The summed E-state index contributed by atoms with van der Waals surface area (Å²) in [6.07, 6.45) is 12.3. The second-order valence-corrected chi connectivity index (χ2v) is 6.48. The zero-order valence-corrected chi connectivity index (χ0v) is 14.6. The molecule has 1 amide bonds. The molecule has 1 saturated heterocycles. The average Bonchev–Trinajstić information content (AvgIpc) is 3.14. The highest BCUT2D eigenvalue weighted by Crippen LogP contribution is 2.31. The van der Waals surface area contributed by atoms with Crippen molar-refractivity contribution in [3.05, 3.63) is 60.6 Å². The van der Waals surface area contributed by atoms with Crippen LogP contribution in [0.3, 0.4) is 0 Å². The third-order valence-corrected chi connectivity index (χ3v) is 4.76. The fourth-order valence-electron chi connectivity index (χ4n) is 3.47. The molecule has 4 rings (SSSR count).